The van der Waals surface area contributed by atoms with Crippen LogP contribution >= 0.6 is 0 Å². The lowest BCUT2D eigenvalue weighted by molar-refractivity contribution is 0.642. The lowest BCUT2D eigenvalue weighted by Gasteiger charge is -2.16. The molecule has 1 atom stereocenters. The van der Waals surface area contributed by atoms with Crippen molar-refractivity contribution in [3.8, 4) is 0 Å². The second kappa shape index (κ2) is 4.99. The molecule has 2 aromatic heterocycles. The third-order valence-corrected chi connectivity index (χ3v) is 2.79. The quantitative estimate of drug-likeness (QED) is 0.878. The van der Waals surface area contributed by atoms with Crippen molar-refractivity contribution in [2.45, 2.75) is 26.8 Å². The van der Waals surface area contributed by atoms with Crippen molar-refractivity contribution in [3.63, 3.8) is 0 Å². The van der Waals surface area contributed by atoms with E-state index in [-0.39, 0.29) is 6.04 Å². The summed E-state index contributed by atoms with van der Waals surface area (Å²) in [4.78, 5) is 8.53. The van der Waals surface area contributed by atoms with E-state index in [0.717, 1.165) is 18.2 Å². The molecule has 4 nitrogen and oxygen atoms in total. The first-order valence-electron chi connectivity index (χ1n) is 5.91. The average Bonchev–Trinajstić information content (AvgIpc) is 2.71. The van der Waals surface area contributed by atoms with Crippen LogP contribution in [0.5, 0.6) is 0 Å². The minimum atomic E-state index is 0.258. The molecule has 0 aliphatic heterocycles. The van der Waals surface area contributed by atoms with Crippen molar-refractivity contribution in [3.05, 3.63) is 42.0 Å². The van der Waals surface area contributed by atoms with Crippen LogP contribution in [0.1, 0.15) is 31.1 Å². The van der Waals surface area contributed by atoms with Crippen LogP contribution in [0.3, 0.4) is 0 Å². The number of hydrogen-bond acceptors (Lipinski definition) is 3. The largest absolute Gasteiger partial charge is 0.356 e. The van der Waals surface area contributed by atoms with Gasteiger partial charge in [0.25, 0.3) is 0 Å². The van der Waals surface area contributed by atoms with E-state index in [9.17, 15) is 0 Å². The lowest BCUT2D eigenvalue weighted by atomic mass is 10.1. The standard InChI is InChI=1S/C13H18N4/c1-4-15-13-16-10(2)9-17(13)11(3)12-5-7-14-8-6-12/h5-9,11H,4H2,1-3H3,(H,15,16). The molecule has 2 rings (SSSR count). The predicted molar refractivity (Wildman–Crippen MR) is 69.2 cm³/mol. The first kappa shape index (κ1) is 11.6. The van der Waals surface area contributed by atoms with Gasteiger partial charge in [0.2, 0.25) is 5.95 Å². The van der Waals surface area contributed by atoms with E-state index in [1.807, 2.05) is 31.5 Å². The summed E-state index contributed by atoms with van der Waals surface area (Å²) in [7, 11) is 0. The molecule has 0 bridgehead atoms. The van der Waals surface area contributed by atoms with E-state index in [0.29, 0.717) is 0 Å². The van der Waals surface area contributed by atoms with Crippen LogP contribution < -0.4 is 5.32 Å². The molecular formula is C13H18N4. The number of aryl methyl sites for hydroxylation is 1. The van der Waals surface area contributed by atoms with Gasteiger partial charge in [0, 0.05) is 25.1 Å². The Labute approximate surface area is 102 Å². The summed E-state index contributed by atoms with van der Waals surface area (Å²) in [6.07, 6.45) is 5.72. The number of pyridine rings is 1. The molecule has 0 aliphatic rings. The fourth-order valence-corrected chi connectivity index (χ4v) is 1.90. The Bertz CT molecular complexity index is 475. The molecule has 0 saturated heterocycles. The third kappa shape index (κ3) is 2.46. The van der Waals surface area contributed by atoms with Gasteiger partial charge in [0.1, 0.15) is 0 Å². The average molecular weight is 230 g/mol. The van der Waals surface area contributed by atoms with Crippen LogP contribution in [-0.2, 0) is 0 Å². The van der Waals surface area contributed by atoms with Crippen molar-refractivity contribution in [1.82, 2.24) is 14.5 Å². The summed E-state index contributed by atoms with van der Waals surface area (Å²) in [5.41, 5.74) is 2.26. The van der Waals surface area contributed by atoms with Gasteiger partial charge in [-0.25, -0.2) is 4.98 Å². The maximum atomic E-state index is 4.48. The lowest BCUT2D eigenvalue weighted by Crippen LogP contribution is -2.11. The normalized spacial score (nSPS) is 12.4. The Kier molecular flexibility index (Phi) is 3.42. The van der Waals surface area contributed by atoms with Crippen molar-refractivity contribution >= 4 is 5.95 Å². The summed E-state index contributed by atoms with van der Waals surface area (Å²) < 4.78 is 2.16. The van der Waals surface area contributed by atoms with Crippen molar-refractivity contribution in [1.29, 1.82) is 0 Å². The fraction of sp³-hybridized carbons (Fsp3) is 0.385. The highest BCUT2D eigenvalue weighted by Crippen LogP contribution is 2.22. The number of aromatic nitrogens is 3. The Morgan fingerprint density at radius 2 is 2.06 bits per heavy atom. The first-order chi connectivity index (χ1) is 8.22. The van der Waals surface area contributed by atoms with E-state index in [1.54, 1.807) is 0 Å². The molecule has 1 unspecified atom stereocenters. The molecule has 4 heteroatoms. The van der Waals surface area contributed by atoms with Crippen LogP contribution in [0.25, 0.3) is 0 Å². The molecule has 0 aromatic carbocycles. The van der Waals surface area contributed by atoms with Crippen LogP contribution in [0, 0.1) is 6.92 Å². The highest BCUT2D eigenvalue weighted by Gasteiger charge is 2.12. The van der Waals surface area contributed by atoms with Gasteiger partial charge in [-0.1, -0.05) is 0 Å². The molecule has 0 amide bonds. The third-order valence-electron chi connectivity index (χ3n) is 2.79. The monoisotopic (exact) mass is 230 g/mol. The summed E-state index contributed by atoms with van der Waals surface area (Å²) in [6, 6.07) is 4.33. The summed E-state index contributed by atoms with van der Waals surface area (Å²) in [6.45, 7) is 7.12. The number of nitrogens with one attached hydrogen (secondary N) is 1. The number of imidazole rings is 1. The fourth-order valence-electron chi connectivity index (χ4n) is 1.90. The maximum Gasteiger partial charge on any atom is 0.203 e. The minimum Gasteiger partial charge on any atom is -0.356 e. The van der Waals surface area contributed by atoms with Crippen LogP contribution in [0.15, 0.2) is 30.7 Å². The van der Waals surface area contributed by atoms with Crippen molar-refractivity contribution < 1.29 is 0 Å². The van der Waals surface area contributed by atoms with E-state index < -0.39 is 0 Å². The number of rotatable bonds is 4. The molecule has 90 valence electrons. The van der Waals surface area contributed by atoms with Gasteiger partial charge in [0.15, 0.2) is 0 Å². The zero-order chi connectivity index (χ0) is 12.3. The summed E-state index contributed by atoms with van der Waals surface area (Å²) in [5, 5.41) is 3.28. The first-order valence-corrected chi connectivity index (χ1v) is 5.91. The number of hydrogen-bond donors (Lipinski definition) is 1. The number of anilines is 1. The van der Waals surface area contributed by atoms with Gasteiger partial charge in [-0.2, -0.15) is 0 Å². The molecule has 0 spiro atoms. The molecule has 17 heavy (non-hydrogen) atoms. The molecule has 2 heterocycles. The summed E-state index contributed by atoms with van der Waals surface area (Å²) >= 11 is 0. The Balaban J connectivity index is 2.33. The van der Waals surface area contributed by atoms with Gasteiger partial charge in [-0.05, 0) is 38.5 Å². The van der Waals surface area contributed by atoms with Gasteiger partial charge in [-0.3, -0.25) is 4.98 Å². The van der Waals surface area contributed by atoms with Crippen LogP contribution in [0.4, 0.5) is 5.95 Å². The Morgan fingerprint density at radius 1 is 1.35 bits per heavy atom. The van der Waals surface area contributed by atoms with Crippen LogP contribution in [0.2, 0.25) is 0 Å². The molecular weight excluding hydrogens is 212 g/mol. The SMILES string of the molecule is CCNc1nc(C)cn1C(C)c1ccncc1. The zero-order valence-electron chi connectivity index (χ0n) is 10.5. The smallest absolute Gasteiger partial charge is 0.203 e. The van der Waals surface area contributed by atoms with Gasteiger partial charge < -0.3 is 9.88 Å². The summed E-state index contributed by atoms with van der Waals surface area (Å²) in [5.74, 6) is 0.925. The highest BCUT2D eigenvalue weighted by atomic mass is 15.2. The van der Waals surface area contributed by atoms with Crippen molar-refractivity contribution in [2.75, 3.05) is 11.9 Å². The Morgan fingerprint density at radius 3 is 2.71 bits per heavy atom. The van der Waals surface area contributed by atoms with Crippen LogP contribution in [-0.4, -0.2) is 21.1 Å². The second-order valence-corrected chi connectivity index (χ2v) is 4.10. The predicted octanol–water partition coefficient (Wildman–Crippen LogP) is 2.63. The van der Waals surface area contributed by atoms with E-state index in [4.69, 9.17) is 0 Å². The van der Waals surface area contributed by atoms with E-state index in [2.05, 4.69) is 39.9 Å². The molecule has 2 aromatic rings. The zero-order valence-corrected chi connectivity index (χ0v) is 10.5. The number of nitrogens with zero attached hydrogens (tertiary/aromatic N) is 3. The van der Waals surface area contributed by atoms with Gasteiger partial charge >= 0.3 is 0 Å². The maximum absolute atomic E-state index is 4.48. The molecule has 0 fully saturated rings. The van der Waals surface area contributed by atoms with Crippen molar-refractivity contribution in [2.24, 2.45) is 0 Å². The molecule has 1 N–H and O–H groups in total. The molecule has 0 saturated carbocycles. The molecule has 0 radical (unpaired) electrons. The topological polar surface area (TPSA) is 42.7 Å². The van der Waals surface area contributed by atoms with Gasteiger partial charge in [-0.15, -0.1) is 0 Å². The van der Waals surface area contributed by atoms with E-state index >= 15 is 0 Å². The van der Waals surface area contributed by atoms with E-state index in [1.165, 1.54) is 5.56 Å². The highest BCUT2D eigenvalue weighted by molar-refractivity contribution is 5.32. The second-order valence-electron chi connectivity index (χ2n) is 4.10. The van der Waals surface area contributed by atoms with Gasteiger partial charge in [0.05, 0.1) is 11.7 Å². The molecule has 0 aliphatic carbocycles. The minimum absolute atomic E-state index is 0.258. The Hall–Kier alpha value is -1.84.